The summed E-state index contributed by atoms with van der Waals surface area (Å²) >= 11 is 6.11. The number of benzene rings is 1. The Hall–Kier alpha value is -2.53. The highest BCUT2D eigenvalue weighted by molar-refractivity contribution is 6.30. The summed E-state index contributed by atoms with van der Waals surface area (Å²) in [6, 6.07) is 12.7. The molecule has 0 N–H and O–H groups in total. The van der Waals surface area contributed by atoms with Gasteiger partial charge in [-0.25, -0.2) is 4.68 Å². The summed E-state index contributed by atoms with van der Waals surface area (Å²) in [5.74, 6) is 0.532. The summed E-state index contributed by atoms with van der Waals surface area (Å²) < 4.78 is 7.20. The van der Waals surface area contributed by atoms with Gasteiger partial charge >= 0.3 is 0 Å². The van der Waals surface area contributed by atoms with Crippen molar-refractivity contribution in [2.75, 3.05) is 13.6 Å². The Balaban J connectivity index is 2.02. The van der Waals surface area contributed by atoms with Crippen LogP contribution in [0.25, 0.3) is 17.1 Å². The van der Waals surface area contributed by atoms with Gasteiger partial charge in [0.1, 0.15) is 5.69 Å². The molecule has 2 aromatic heterocycles. The molecular weight excluding hydrogens is 338 g/mol. The lowest BCUT2D eigenvalue weighted by Gasteiger charge is -2.14. The highest BCUT2D eigenvalue weighted by Gasteiger charge is 2.20. The molecule has 5 nitrogen and oxygen atoms in total. The van der Waals surface area contributed by atoms with Crippen molar-refractivity contribution in [1.82, 2.24) is 14.7 Å². The fraction of sp³-hybridized carbons (Fsp3) is 0.263. The molecule has 0 bridgehead atoms. The summed E-state index contributed by atoms with van der Waals surface area (Å²) in [6.07, 6.45) is 3.59. The molecular formula is C19H20ClN3O2. The second kappa shape index (κ2) is 7.57. The van der Waals surface area contributed by atoms with Gasteiger partial charge in [0, 0.05) is 24.7 Å². The number of aromatic nitrogens is 2. The van der Waals surface area contributed by atoms with Crippen LogP contribution in [0.5, 0.6) is 0 Å². The second-order valence-corrected chi connectivity index (χ2v) is 6.30. The van der Waals surface area contributed by atoms with Gasteiger partial charge in [-0.05, 0) is 36.8 Å². The van der Waals surface area contributed by atoms with E-state index in [4.69, 9.17) is 16.0 Å². The van der Waals surface area contributed by atoms with E-state index in [1.165, 1.54) is 0 Å². The maximum absolute atomic E-state index is 12.7. The molecule has 0 saturated carbocycles. The molecule has 3 aromatic rings. The number of halogens is 1. The summed E-state index contributed by atoms with van der Waals surface area (Å²) in [5, 5.41) is 5.12. The molecule has 6 heteroatoms. The van der Waals surface area contributed by atoms with Crippen LogP contribution < -0.4 is 0 Å². The number of nitrogens with zero attached hydrogens (tertiary/aromatic N) is 3. The number of hydrogen-bond donors (Lipinski definition) is 0. The molecule has 0 atom stereocenters. The molecule has 0 unspecified atom stereocenters. The lowest BCUT2D eigenvalue weighted by Crippen LogP contribution is -2.28. The van der Waals surface area contributed by atoms with Crippen LogP contribution >= 0.6 is 11.6 Å². The number of carbonyl (C=O) groups is 1. The first kappa shape index (κ1) is 17.3. The first-order valence-electron chi connectivity index (χ1n) is 8.25. The van der Waals surface area contributed by atoms with Gasteiger partial charge in [-0.1, -0.05) is 31.0 Å². The normalized spacial score (nSPS) is 10.8. The average Bonchev–Trinajstić information content (AvgIpc) is 3.28. The second-order valence-electron chi connectivity index (χ2n) is 5.86. The SMILES string of the molecule is CCCCN(C)C(=O)c1cc(-c2ccco2)n(-c2cccc(Cl)c2)n1. The molecule has 2 heterocycles. The van der Waals surface area contributed by atoms with Crippen LogP contribution in [0.1, 0.15) is 30.3 Å². The predicted molar refractivity (Wildman–Crippen MR) is 98.1 cm³/mol. The minimum absolute atomic E-state index is 0.109. The molecule has 0 aliphatic heterocycles. The lowest BCUT2D eigenvalue weighted by atomic mass is 10.2. The topological polar surface area (TPSA) is 51.3 Å². The molecule has 0 spiro atoms. The van der Waals surface area contributed by atoms with Gasteiger partial charge in [0.2, 0.25) is 0 Å². The van der Waals surface area contributed by atoms with Crippen LogP contribution in [-0.2, 0) is 0 Å². The van der Waals surface area contributed by atoms with E-state index in [0.29, 0.717) is 28.7 Å². The van der Waals surface area contributed by atoms with Gasteiger partial charge in [0.15, 0.2) is 11.5 Å². The Morgan fingerprint density at radius 1 is 1.28 bits per heavy atom. The Bertz CT molecular complexity index is 855. The summed E-state index contributed by atoms with van der Waals surface area (Å²) in [4.78, 5) is 14.4. The van der Waals surface area contributed by atoms with Gasteiger partial charge < -0.3 is 9.32 Å². The molecule has 0 aliphatic rings. The molecule has 1 amide bonds. The van der Waals surface area contributed by atoms with Gasteiger partial charge in [-0.2, -0.15) is 5.10 Å². The minimum atomic E-state index is -0.109. The average molecular weight is 358 g/mol. The largest absolute Gasteiger partial charge is 0.463 e. The van der Waals surface area contributed by atoms with E-state index in [1.807, 2.05) is 18.2 Å². The van der Waals surface area contributed by atoms with Crippen molar-refractivity contribution in [2.24, 2.45) is 0 Å². The van der Waals surface area contributed by atoms with Crippen molar-refractivity contribution in [2.45, 2.75) is 19.8 Å². The van der Waals surface area contributed by atoms with Crippen LogP contribution in [0.2, 0.25) is 5.02 Å². The van der Waals surface area contributed by atoms with E-state index >= 15 is 0 Å². The highest BCUT2D eigenvalue weighted by Crippen LogP contribution is 2.26. The molecule has 0 radical (unpaired) electrons. The van der Waals surface area contributed by atoms with Crippen LogP contribution in [0.3, 0.4) is 0 Å². The van der Waals surface area contributed by atoms with E-state index in [1.54, 1.807) is 47.2 Å². The van der Waals surface area contributed by atoms with Crippen molar-refractivity contribution < 1.29 is 9.21 Å². The Labute approximate surface area is 151 Å². The van der Waals surface area contributed by atoms with Crippen molar-refractivity contribution in [1.29, 1.82) is 0 Å². The quantitative estimate of drug-likeness (QED) is 0.644. The Kier molecular flexibility index (Phi) is 5.24. The van der Waals surface area contributed by atoms with E-state index < -0.39 is 0 Å². The Morgan fingerprint density at radius 2 is 2.12 bits per heavy atom. The Morgan fingerprint density at radius 3 is 2.80 bits per heavy atom. The number of hydrogen-bond acceptors (Lipinski definition) is 3. The minimum Gasteiger partial charge on any atom is -0.463 e. The van der Waals surface area contributed by atoms with E-state index in [9.17, 15) is 4.79 Å². The fourth-order valence-corrected chi connectivity index (χ4v) is 2.77. The van der Waals surface area contributed by atoms with Crippen LogP contribution in [0, 0.1) is 0 Å². The van der Waals surface area contributed by atoms with E-state index in [0.717, 1.165) is 18.5 Å². The zero-order valence-electron chi connectivity index (χ0n) is 14.3. The number of carbonyl (C=O) groups excluding carboxylic acids is 1. The summed E-state index contributed by atoms with van der Waals surface area (Å²) in [7, 11) is 1.79. The number of rotatable bonds is 6. The van der Waals surface area contributed by atoms with Crippen LogP contribution in [0.4, 0.5) is 0 Å². The zero-order chi connectivity index (χ0) is 17.8. The first-order valence-corrected chi connectivity index (χ1v) is 8.63. The molecule has 0 fully saturated rings. The third-order valence-electron chi connectivity index (χ3n) is 3.95. The fourth-order valence-electron chi connectivity index (χ4n) is 2.58. The maximum Gasteiger partial charge on any atom is 0.274 e. The maximum atomic E-state index is 12.7. The standard InChI is InChI=1S/C19H20ClN3O2/c1-3-4-10-22(2)19(24)16-13-17(18-9-6-11-25-18)23(21-16)15-8-5-7-14(20)12-15/h5-9,11-13H,3-4,10H2,1-2H3. The molecule has 0 saturated heterocycles. The van der Waals surface area contributed by atoms with Gasteiger partial charge in [0.25, 0.3) is 5.91 Å². The smallest absolute Gasteiger partial charge is 0.274 e. The van der Waals surface area contributed by atoms with Gasteiger partial charge in [0.05, 0.1) is 12.0 Å². The number of unbranched alkanes of at least 4 members (excludes halogenated alkanes) is 1. The third-order valence-corrected chi connectivity index (χ3v) is 4.18. The summed E-state index contributed by atoms with van der Waals surface area (Å²) in [6.45, 7) is 2.80. The molecule has 0 aliphatic carbocycles. The van der Waals surface area contributed by atoms with E-state index in [-0.39, 0.29) is 5.91 Å². The highest BCUT2D eigenvalue weighted by atomic mass is 35.5. The molecule has 25 heavy (non-hydrogen) atoms. The van der Waals surface area contributed by atoms with E-state index in [2.05, 4.69) is 12.0 Å². The zero-order valence-corrected chi connectivity index (χ0v) is 15.0. The number of furan rings is 1. The van der Waals surface area contributed by atoms with Crippen LogP contribution in [-0.4, -0.2) is 34.2 Å². The predicted octanol–water partition coefficient (Wildman–Crippen LogP) is 4.66. The third kappa shape index (κ3) is 3.77. The first-order chi connectivity index (χ1) is 12.1. The molecule has 3 rings (SSSR count). The molecule has 130 valence electrons. The van der Waals surface area contributed by atoms with Crippen molar-refractivity contribution >= 4 is 17.5 Å². The monoisotopic (exact) mass is 357 g/mol. The van der Waals surface area contributed by atoms with Gasteiger partial charge in [-0.15, -0.1) is 0 Å². The number of amides is 1. The molecule has 1 aromatic carbocycles. The van der Waals surface area contributed by atoms with Crippen molar-refractivity contribution in [3.8, 4) is 17.1 Å². The van der Waals surface area contributed by atoms with Crippen molar-refractivity contribution in [3.63, 3.8) is 0 Å². The van der Waals surface area contributed by atoms with Gasteiger partial charge in [-0.3, -0.25) is 4.79 Å². The summed E-state index contributed by atoms with van der Waals surface area (Å²) in [5.41, 5.74) is 1.86. The van der Waals surface area contributed by atoms with Crippen molar-refractivity contribution in [3.05, 3.63) is 59.4 Å². The lowest BCUT2D eigenvalue weighted by molar-refractivity contribution is 0.0787. The van der Waals surface area contributed by atoms with Crippen LogP contribution in [0.15, 0.2) is 53.1 Å².